The molecule has 0 unspecified atom stereocenters. The molecule has 9 aromatic carbocycles. The van der Waals surface area contributed by atoms with Gasteiger partial charge in [0.2, 0.25) is 0 Å². The molecule has 232 valence electrons. The summed E-state index contributed by atoms with van der Waals surface area (Å²) in [5.41, 5.74) is 9.40. The third-order valence-corrected chi connectivity index (χ3v) is 11.6. The molecule has 2 heteroatoms. The van der Waals surface area contributed by atoms with E-state index in [-0.39, 0.29) is 0 Å². The van der Waals surface area contributed by atoms with Crippen LogP contribution in [0.5, 0.6) is 0 Å². The van der Waals surface area contributed by atoms with Crippen LogP contribution in [-0.4, -0.2) is 0 Å². The van der Waals surface area contributed by atoms with Crippen molar-refractivity contribution in [3.05, 3.63) is 170 Å². The topological polar surface area (TPSA) is 13.1 Å². The summed E-state index contributed by atoms with van der Waals surface area (Å²) < 4.78 is 9.09. The average molecular weight is 653 g/mol. The number of benzene rings is 9. The molecule has 0 aliphatic heterocycles. The Morgan fingerprint density at radius 2 is 0.880 bits per heavy atom. The zero-order valence-electron chi connectivity index (χ0n) is 27.0. The van der Waals surface area contributed by atoms with Crippen molar-refractivity contribution in [2.75, 3.05) is 0 Å². The van der Waals surface area contributed by atoms with E-state index in [0.717, 1.165) is 11.2 Å². The van der Waals surface area contributed by atoms with Gasteiger partial charge in [0.25, 0.3) is 0 Å². The molecule has 0 amide bonds. The summed E-state index contributed by atoms with van der Waals surface area (Å²) in [6, 6.07) is 61.9. The molecular formula is C48H28OS. The van der Waals surface area contributed by atoms with Crippen LogP contribution in [0.15, 0.2) is 174 Å². The Kier molecular flexibility index (Phi) is 5.89. The number of hydrogen-bond donors (Lipinski definition) is 0. The molecule has 0 saturated carbocycles. The van der Waals surface area contributed by atoms with Gasteiger partial charge >= 0.3 is 0 Å². The van der Waals surface area contributed by atoms with Crippen molar-refractivity contribution in [2.24, 2.45) is 0 Å². The van der Waals surface area contributed by atoms with Gasteiger partial charge in [-0.25, -0.2) is 0 Å². The third-order valence-electron chi connectivity index (χ3n) is 10.5. The van der Waals surface area contributed by atoms with E-state index in [1.807, 2.05) is 17.4 Å². The van der Waals surface area contributed by atoms with Gasteiger partial charge in [-0.1, -0.05) is 146 Å². The summed E-state index contributed by atoms with van der Waals surface area (Å²) in [5.74, 6) is 0. The highest BCUT2D eigenvalue weighted by Gasteiger charge is 2.18. The molecule has 2 heterocycles. The zero-order valence-corrected chi connectivity index (χ0v) is 27.8. The molecule has 0 bridgehead atoms. The van der Waals surface area contributed by atoms with E-state index >= 15 is 0 Å². The number of fused-ring (bicyclic) bond motifs is 11. The second kappa shape index (κ2) is 10.6. The Labute approximate surface area is 292 Å². The standard InChI is InChI=1S/C48H28OS/c1-2-10-30(11-3-1)44-35-13-4-6-15-37(35)45(38-16-7-5-14-36(38)44)31-20-18-29(19-21-31)33-23-26-40-43(28-33)50-42-27-24-32-22-25-39-34-12-8-9-17-41(34)49-48(39)46(32)47(40)42/h1-28H. The largest absolute Gasteiger partial charge is 0.455 e. The van der Waals surface area contributed by atoms with Crippen molar-refractivity contribution < 1.29 is 4.42 Å². The lowest BCUT2D eigenvalue weighted by Gasteiger charge is -2.18. The average Bonchev–Trinajstić information content (AvgIpc) is 3.75. The van der Waals surface area contributed by atoms with Crippen molar-refractivity contribution in [2.45, 2.75) is 0 Å². The second-order valence-electron chi connectivity index (χ2n) is 13.2. The predicted molar refractivity (Wildman–Crippen MR) is 215 cm³/mol. The molecule has 0 atom stereocenters. The first kappa shape index (κ1) is 27.7. The zero-order chi connectivity index (χ0) is 32.8. The molecule has 0 spiro atoms. The van der Waals surface area contributed by atoms with E-state index in [1.54, 1.807) is 0 Å². The van der Waals surface area contributed by atoms with Gasteiger partial charge in [-0.05, 0) is 84.6 Å². The maximum Gasteiger partial charge on any atom is 0.143 e. The lowest BCUT2D eigenvalue weighted by Crippen LogP contribution is -1.90. The SMILES string of the molecule is c1ccc(-c2c3ccccc3c(-c3ccc(-c4ccc5c(c4)sc4ccc6ccc7c8ccccc8oc7c6c45)cc3)c3ccccc23)cc1. The number of furan rings is 1. The van der Waals surface area contributed by atoms with Crippen molar-refractivity contribution in [1.82, 2.24) is 0 Å². The minimum Gasteiger partial charge on any atom is -0.455 e. The van der Waals surface area contributed by atoms with Crippen LogP contribution in [0.4, 0.5) is 0 Å². The Morgan fingerprint density at radius 1 is 0.340 bits per heavy atom. The lowest BCUT2D eigenvalue weighted by atomic mass is 9.86. The molecule has 11 aromatic rings. The van der Waals surface area contributed by atoms with E-state index < -0.39 is 0 Å². The fraction of sp³-hybridized carbons (Fsp3) is 0. The summed E-state index contributed by atoms with van der Waals surface area (Å²) in [6.45, 7) is 0. The highest BCUT2D eigenvalue weighted by Crippen LogP contribution is 2.46. The fourth-order valence-corrected chi connectivity index (χ4v) is 9.37. The summed E-state index contributed by atoms with van der Waals surface area (Å²) in [7, 11) is 0. The van der Waals surface area contributed by atoms with Crippen LogP contribution in [0.1, 0.15) is 0 Å². The van der Waals surface area contributed by atoms with Gasteiger partial charge in [-0.3, -0.25) is 0 Å². The van der Waals surface area contributed by atoms with Crippen molar-refractivity contribution >= 4 is 85.8 Å². The van der Waals surface area contributed by atoms with Crippen molar-refractivity contribution in [1.29, 1.82) is 0 Å². The molecule has 50 heavy (non-hydrogen) atoms. The molecule has 0 saturated heterocycles. The van der Waals surface area contributed by atoms with Gasteiger partial charge in [0, 0.05) is 36.3 Å². The van der Waals surface area contributed by atoms with Crippen LogP contribution in [0.25, 0.3) is 108 Å². The van der Waals surface area contributed by atoms with Gasteiger partial charge in [0.1, 0.15) is 11.2 Å². The van der Waals surface area contributed by atoms with Crippen LogP contribution >= 0.6 is 11.3 Å². The first-order chi connectivity index (χ1) is 24.8. The smallest absolute Gasteiger partial charge is 0.143 e. The van der Waals surface area contributed by atoms with Gasteiger partial charge in [0.15, 0.2) is 0 Å². The van der Waals surface area contributed by atoms with E-state index in [1.165, 1.54) is 96.6 Å². The van der Waals surface area contributed by atoms with Gasteiger partial charge < -0.3 is 4.42 Å². The first-order valence-corrected chi connectivity index (χ1v) is 17.9. The Bertz CT molecular complexity index is 3070. The first-order valence-electron chi connectivity index (χ1n) is 17.1. The van der Waals surface area contributed by atoms with Crippen LogP contribution in [0.2, 0.25) is 0 Å². The minimum atomic E-state index is 0.936. The van der Waals surface area contributed by atoms with Gasteiger partial charge in [0.05, 0.1) is 0 Å². The lowest BCUT2D eigenvalue weighted by molar-refractivity contribution is 0.673. The van der Waals surface area contributed by atoms with E-state index in [4.69, 9.17) is 4.42 Å². The maximum atomic E-state index is 6.52. The molecular weight excluding hydrogens is 625 g/mol. The minimum absolute atomic E-state index is 0.936. The number of hydrogen-bond acceptors (Lipinski definition) is 2. The quantitative estimate of drug-likeness (QED) is 0.173. The van der Waals surface area contributed by atoms with Crippen LogP contribution < -0.4 is 0 Å². The third kappa shape index (κ3) is 4.00. The molecule has 1 nitrogen and oxygen atoms in total. The molecule has 0 aliphatic rings. The van der Waals surface area contributed by atoms with E-state index in [9.17, 15) is 0 Å². The monoisotopic (exact) mass is 652 g/mol. The van der Waals surface area contributed by atoms with E-state index in [2.05, 4.69) is 164 Å². The molecule has 0 aliphatic carbocycles. The molecule has 0 N–H and O–H groups in total. The molecule has 2 aromatic heterocycles. The summed E-state index contributed by atoms with van der Waals surface area (Å²) in [6.07, 6.45) is 0. The number of rotatable bonds is 3. The Hall–Kier alpha value is -6.22. The number of thiophene rings is 1. The van der Waals surface area contributed by atoms with E-state index in [0.29, 0.717) is 0 Å². The van der Waals surface area contributed by atoms with Crippen LogP contribution in [-0.2, 0) is 0 Å². The van der Waals surface area contributed by atoms with Crippen molar-refractivity contribution in [3.8, 4) is 33.4 Å². The normalized spacial score (nSPS) is 12.0. The second-order valence-corrected chi connectivity index (χ2v) is 14.3. The molecule has 11 rings (SSSR count). The summed E-state index contributed by atoms with van der Waals surface area (Å²) in [4.78, 5) is 0. The Morgan fingerprint density at radius 3 is 1.58 bits per heavy atom. The Balaban J connectivity index is 1.06. The number of para-hydroxylation sites is 1. The predicted octanol–water partition coefficient (Wildman–Crippen LogP) is 14.4. The van der Waals surface area contributed by atoms with Crippen LogP contribution in [0, 0.1) is 0 Å². The summed E-state index contributed by atoms with van der Waals surface area (Å²) in [5, 5.41) is 12.4. The molecule has 0 fully saturated rings. The van der Waals surface area contributed by atoms with Crippen molar-refractivity contribution in [3.63, 3.8) is 0 Å². The highest BCUT2D eigenvalue weighted by molar-refractivity contribution is 7.26. The van der Waals surface area contributed by atoms with Crippen LogP contribution in [0.3, 0.4) is 0 Å². The fourth-order valence-electron chi connectivity index (χ4n) is 8.22. The van der Waals surface area contributed by atoms with Gasteiger partial charge in [-0.15, -0.1) is 11.3 Å². The maximum absolute atomic E-state index is 6.52. The van der Waals surface area contributed by atoms with Gasteiger partial charge in [-0.2, -0.15) is 0 Å². The summed E-state index contributed by atoms with van der Waals surface area (Å²) >= 11 is 1.86. The highest BCUT2D eigenvalue weighted by atomic mass is 32.1. The molecule has 0 radical (unpaired) electrons.